The zero-order valence-corrected chi connectivity index (χ0v) is 14.5. The molecule has 1 aliphatic heterocycles. The smallest absolute Gasteiger partial charge is 0.0578 e. The lowest BCUT2D eigenvalue weighted by atomic mass is 9.87. The van der Waals surface area contributed by atoms with E-state index in [2.05, 4.69) is 37.9 Å². The standard InChI is InChI=1S/C18H36N2O/c1-5-18(21)16-10-17(19-9-8-13(2)3)12-20(11-16)14(4)15-6-7-15/h13-19,21H,5-12H2,1-4H3. The third kappa shape index (κ3) is 5.22. The molecule has 1 saturated heterocycles. The van der Waals surface area contributed by atoms with E-state index in [1.807, 2.05) is 0 Å². The van der Waals surface area contributed by atoms with Crippen molar-refractivity contribution in [3.05, 3.63) is 0 Å². The van der Waals surface area contributed by atoms with Gasteiger partial charge in [0.15, 0.2) is 0 Å². The van der Waals surface area contributed by atoms with E-state index in [0.717, 1.165) is 37.8 Å². The summed E-state index contributed by atoms with van der Waals surface area (Å²) in [5, 5.41) is 14.1. The highest BCUT2D eigenvalue weighted by molar-refractivity contribution is 4.93. The van der Waals surface area contributed by atoms with E-state index < -0.39 is 0 Å². The van der Waals surface area contributed by atoms with E-state index in [9.17, 15) is 5.11 Å². The topological polar surface area (TPSA) is 35.5 Å². The van der Waals surface area contributed by atoms with Crippen molar-refractivity contribution < 1.29 is 5.11 Å². The number of nitrogens with one attached hydrogen (secondary N) is 1. The van der Waals surface area contributed by atoms with Crippen LogP contribution in [0.15, 0.2) is 0 Å². The fourth-order valence-corrected chi connectivity index (χ4v) is 3.72. The molecule has 124 valence electrons. The monoisotopic (exact) mass is 296 g/mol. The number of aliphatic hydroxyl groups excluding tert-OH is 1. The van der Waals surface area contributed by atoms with Gasteiger partial charge in [0.1, 0.15) is 0 Å². The fraction of sp³-hybridized carbons (Fsp3) is 1.00. The van der Waals surface area contributed by atoms with E-state index >= 15 is 0 Å². The first-order valence-corrected chi connectivity index (χ1v) is 9.16. The van der Waals surface area contributed by atoms with Gasteiger partial charge in [-0.25, -0.2) is 0 Å². The Morgan fingerprint density at radius 1 is 1.14 bits per heavy atom. The van der Waals surface area contributed by atoms with Gasteiger partial charge in [0.05, 0.1) is 6.10 Å². The number of hydrogen-bond donors (Lipinski definition) is 2. The number of rotatable bonds is 8. The molecule has 0 aromatic rings. The van der Waals surface area contributed by atoms with Crippen LogP contribution >= 0.6 is 0 Å². The van der Waals surface area contributed by atoms with Gasteiger partial charge in [-0.05, 0) is 63.3 Å². The number of hydrogen-bond acceptors (Lipinski definition) is 3. The van der Waals surface area contributed by atoms with E-state index in [0.29, 0.717) is 18.0 Å². The maximum Gasteiger partial charge on any atom is 0.0578 e. The Labute approximate surface area is 131 Å². The van der Waals surface area contributed by atoms with Crippen molar-refractivity contribution in [1.29, 1.82) is 0 Å². The molecule has 0 aromatic carbocycles. The molecule has 0 spiro atoms. The first-order chi connectivity index (χ1) is 10.0. The molecule has 4 unspecified atom stereocenters. The molecule has 0 aromatic heterocycles. The van der Waals surface area contributed by atoms with Crippen molar-refractivity contribution in [2.45, 2.75) is 78.0 Å². The highest BCUT2D eigenvalue weighted by atomic mass is 16.3. The third-order valence-corrected chi connectivity index (χ3v) is 5.51. The van der Waals surface area contributed by atoms with Gasteiger partial charge in [-0.3, -0.25) is 4.90 Å². The fourth-order valence-electron chi connectivity index (χ4n) is 3.72. The van der Waals surface area contributed by atoms with Crippen molar-refractivity contribution >= 4 is 0 Å². The van der Waals surface area contributed by atoms with Crippen LogP contribution in [0.2, 0.25) is 0 Å². The predicted octanol–water partition coefficient (Wildman–Crippen LogP) is 2.88. The van der Waals surface area contributed by atoms with Gasteiger partial charge in [0.25, 0.3) is 0 Å². The molecule has 1 heterocycles. The first-order valence-electron chi connectivity index (χ1n) is 9.16. The molecule has 2 rings (SSSR count). The summed E-state index contributed by atoms with van der Waals surface area (Å²) in [5.41, 5.74) is 0. The largest absolute Gasteiger partial charge is 0.393 e. The molecule has 4 atom stereocenters. The van der Waals surface area contributed by atoms with Gasteiger partial charge in [0.2, 0.25) is 0 Å². The average molecular weight is 296 g/mol. The Kier molecular flexibility index (Phi) is 6.51. The van der Waals surface area contributed by atoms with Gasteiger partial charge < -0.3 is 10.4 Å². The summed E-state index contributed by atoms with van der Waals surface area (Å²) in [6.07, 6.45) is 5.95. The average Bonchev–Trinajstić information content (AvgIpc) is 3.29. The predicted molar refractivity (Wildman–Crippen MR) is 89.4 cm³/mol. The maximum atomic E-state index is 10.3. The minimum Gasteiger partial charge on any atom is -0.393 e. The van der Waals surface area contributed by atoms with Crippen molar-refractivity contribution in [1.82, 2.24) is 10.2 Å². The summed E-state index contributed by atoms with van der Waals surface area (Å²) < 4.78 is 0. The molecule has 1 aliphatic carbocycles. The highest BCUT2D eigenvalue weighted by Gasteiger charge is 2.37. The minimum atomic E-state index is -0.131. The summed E-state index contributed by atoms with van der Waals surface area (Å²) in [6.45, 7) is 12.4. The molecule has 0 amide bonds. The van der Waals surface area contributed by atoms with E-state index in [4.69, 9.17) is 0 Å². The third-order valence-electron chi connectivity index (χ3n) is 5.51. The molecule has 0 bridgehead atoms. The molecule has 2 fully saturated rings. The molecule has 2 aliphatic rings. The Balaban J connectivity index is 1.89. The van der Waals surface area contributed by atoms with Gasteiger partial charge in [-0.2, -0.15) is 0 Å². The number of nitrogens with zero attached hydrogens (tertiary/aromatic N) is 1. The maximum absolute atomic E-state index is 10.3. The van der Waals surface area contributed by atoms with Crippen LogP contribution in [0.5, 0.6) is 0 Å². The van der Waals surface area contributed by atoms with E-state index in [1.165, 1.54) is 25.8 Å². The lowest BCUT2D eigenvalue weighted by Crippen LogP contribution is -2.54. The first kappa shape index (κ1) is 17.2. The normalized spacial score (nSPS) is 30.6. The molecular weight excluding hydrogens is 260 g/mol. The SMILES string of the molecule is CCC(O)C1CC(NCCC(C)C)CN(C(C)C2CC2)C1. The Bertz CT molecular complexity index is 304. The van der Waals surface area contributed by atoms with Crippen molar-refractivity contribution in [3.8, 4) is 0 Å². The van der Waals surface area contributed by atoms with Crippen LogP contribution in [-0.4, -0.2) is 47.8 Å². The Hall–Kier alpha value is -0.120. The Morgan fingerprint density at radius 2 is 1.86 bits per heavy atom. The zero-order valence-electron chi connectivity index (χ0n) is 14.5. The molecule has 1 saturated carbocycles. The lowest BCUT2D eigenvalue weighted by molar-refractivity contribution is 0.0180. The summed E-state index contributed by atoms with van der Waals surface area (Å²) in [5.74, 6) is 2.12. The van der Waals surface area contributed by atoms with Crippen LogP contribution in [0.3, 0.4) is 0 Å². The number of piperidine rings is 1. The minimum absolute atomic E-state index is 0.131. The lowest BCUT2D eigenvalue weighted by Gasteiger charge is -2.43. The van der Waals surface area contributed by atoms with Crippen LogP contribution in [0, 0.1) is 17.8 Å². The van der Waals surface area contributed by atoms with Crippen LogP contribution in [0.4, 0.5) is 0 Å². The van der Waals surface area contributed by atoms with Crippen molar-refractivity contribution in [2.75, 3.05) is 19.6 Å². The summed E-state index contributed by atoms with van der Waals surface area (Å²) >= 11 is 0. The van der Waals surface area contributed by atoms with E-state index in [1.54, 1.807) is 0 Å². The van der Waals surface area contributed by atoms with E-state index in [-0.39, 0.29) is 6.10 Å². The molecule has 2 N–H and O–H groups in total. The van der Waals surface area contributed by atoms with Crippen molar-refractivity contribution in [2.24, 2.45) is 17.8 Å². The summed E-state index contributed by atoms with van der Waals surface area (Å²) in [6, 6.07) is 1.26. The second-order valence-electron chi connectivity index (χ2n) is 7.84. The molecule has 3 nitrogen and oxygen atoms in total. The summed E-state index contributed by atoms with van der Waals surface area (Å²) in [4.78, 5) is 2.65. The molecule has 21 heavy (non-hydrogen) atoms. The Morgan fingerprint density at radius 3 is 2.43 bits per heavy atom. The molecule has 3 heteroatoms. The molecule has 0 radical (unpaired) electrons. The number of aliphatic hydroxyl groups is 1. The van der Waals surface area contributed by atoms with Gasteiger partial charge in [-0.15, -0.1) is 0 Å². The van der Waals surface area contributed by atoms with Crippen LogP contribution in [-0.2, 0) is 0 Å². The molecular formula is C18H36N2O. The number of likely N-dealkylation sites (tertiary alicyclic amines) is 1. The second kappa shape index (κ2) is 7.94. The van der Waals surface area contributed by atoms with Crippen LogP contribution < -0.4 is 5.32 Å². The van der Waals surface area contributed by atoms with Crippen LogP contribution in [0.25, 0.3) is 0 Å². The van der Waals surface area contributed by atoms with Gasteiger partial charge in [0, 0.05) is 25.2 Å². The summed E-state index contributed by atoms with van der Waals surface area (Å²) in [7, 11) is 0. The highest BCUT2D eigenvalue weighted by Crippen LogP contribution is 2.37. The van der Waals surface area contributed by atoms with Gasteiger partial charge >= 0.3 is 0 Å². The van der Waals surface area contributed by atoms with Crippen LogP contribution in [0.1, 0.15) is 59.8 Å². The zero-order chi connectivity index (χ0) is 15.4. The second-order valence-corrected chi connectivity index (χ2v) is 7.84. The van der Waals surface area contributed by atoms with Gasteiger partial charge in [-0.1, -0.05) is 20.8 Å². The van der Waals surface area contributed by atoms with Crippen molar-refractivity contribution in [3.63, 3.8) is 0 Å². The quantitative estimate of drug-likeness (QED) is 0.723.